The van der Waals surface area contributed by atoms with E-state index < -0.39 is 0 Å². The molecular weight excluding hydrogens is 250 g/mol. The molecule has 0 bridgehead atoms. The minimum atomic E-state index is 0.510. The Balaban J connectivity index is 1.92. The van der Waals surface area contributed by atoms with Crippen LogP contribution >= 0.6 is 11.3 Å². The van der Waals surface area contributed by atoms with Crippen LogP contribution < -0.4 is 5.32 Å². The average Bonchev–Trinajstić information content (AvgIpc) is 2.98. The lowest BCUT2D eigenvalue weighted by Gasteiger charge is -2.20. The number of hydrogen-bond donors (Lipinski definition) is 1. The molecule has 0 amide bonds. The summed E-state index contributed by atoms with van der Waals surface area (Å²) in [6.45, 7) is 5.58. The van der Waals surface area contributed by atoms with Crippen LogP contribution in [0.5, 0.6) is 0 Å². The molecule has 0 aliphatic carbocycles. The van der Waals surface area contributed by atoms with Gasteiger partial charge in [-0.25, -0.2) is 0 Å². The number of nitrogens with one attached hydrogen (secondary N) is 1. The summed E-state index contributed by atoms with van der Waals surface area (Å²) < 4.78 is 0. The zero-order valence-electron chi connectivity index (χ0n) is 11.8. The maximum Gasteiger partial charge on any atom is 0.0414 e. The first kappa shape index (κ1) is 14.3. The lowest BCUT2D eigenvalue weighted by Crippen LogP contribution is -2.25. The van der Waals surface area contributed by atoms with E-state index in [0.717, 1.165) is 6.54 Å². The minimum absolute atomic E-state index is 0.510. The predicted octanol–water partition coefficient (Wildman–Crippen LogP) is 4.98. The van der Waals surface area contributed by atoms with Crippen molar-refractivity contribution >= 4 is 11.3 Å². The van der Waals surface area contributed by atoms with E-state index in [1.165, 1.54) is 23.3 Å². The maximum atomic E-state index is 3.73. The first-order valence-corrected chi connectivity index (χ1v) is 8.01. The Hall–Kier alpha value is -1.12. The lowest BCUT2D eigenvalue weighted by molar-refractivity contribution is 0.481. The van der Waals surface area contributed by atoms with Crippen molar-refractivity contribution in [1.82, 2.24) is 5.32 Å². The zero-order valence-corrected chi connectivity index (χ0v) is 12.6. The summed E-state index contributed by atoms with van der Waals surface area (Å²) in [6.07, 6.45) is 2.43. The SMILES string of the molecule is CCCC(NCC(C)c1ccccc1)c1cccs1. The van der Waals surface area contributed by atoms with Gasteiger partial charge in [-0.3, -0.25) is 0 Å². The topological polar surface area (TPSA) is 12.0 Å². The average molecular weight is 273 g/mol. The van der Waals surface area contributed by atoms with E-state index in [1.54, 1.807) is 0 Å². The van der Waals surface area contributed by atoms with Gasteiger partial charge in [0.05, 0.1) is 0 Å². The Kier molecular flexibility index (Phi) is 5.62. The zero-order chi connectivity index (χ0) is 13.5. The van der Waals surface area contributed by atoms with Gasteiger partial charge in [-0.2, -0.15) is 0 Å². The first-order valence-electron chi connectivity index (χ1n) is 7.13. The van der Waals surface area contributed by atoms with Crippen molar-refractivity contribution in [2.45, 2.75) is 38.6 Å². The molecule has 0 radical (unpaired) electrons. The highest BCUT2D eigenvalue weighted by Gasteiger charge is 2.13. The molecular formula is C17H23NS. The summed E-state index contributed by atoms with van der Waals surface area (Å²) in [6, 6.07) is 15.6. The van der Waals surface area contributed by atoms with Crippen LogP contribution in [0.3, 0.4) is 0 Å². The Morgan fingerprint density at radius 3 is 2.53 bits per heavy atom. The highest BCUT2D eigenvalue weighted by molar-refractivity contribution is 7.10. The van der Waals surface area contributed by atoms with Crippen LogP contribution in [0.25, 0.3) is 0 Å². The van der Waals surface area contributed by atoms with Gasteiger partial charge >= 0.3 is 0 Å². The fourth-order valence-electron chi connectivity index (χ4n) is 2.34. The van der Waals surface area contributed by atoms with Gasteiger partial charge in [0.25, 0.3) is 0 Å². The molecule has 1 N–H and O–H groups in total. The highest BCUT2D eigenvalue weighted by atomic mass is 32.1. The fraction of sp³-hybridized carbons (Fsp3) is 0.412. The number of thiophene rings is 1. The van der Waals surface area contributed by atoms with Gasteiger partial charge in [0.15, 0.2) is 0 Å². The third kappa shape index (κ3) is 4.19. The standard InChI is InChI=1S/C17H23NS/c1-3-8-16(17-11-7-12-19-17)18-13-14(2)15-9-5-4-6-10-15/h4-7,9-12,14,16,18H,3,8,13H2,1-2H3. The fourth-order valence-corrected chi connectivity index (χ4v) is 3.18. The van der Waals surface area contributed by atoms with E-state index in [9.17, 15) is 0 Å². The normalized spacial score (nSPS) is 14.2. The second-order valence-corrected chi connectivity index (χ2v) is 6.06. The summed E-state index contributed by atoms with van der Waals surface area (Å²) in [4.78, 5) is 1.46. The smallest absolute Gasteiger partial charge is 0.0414 e. The molecule has 0 spiro atoms. The molecule has 0 saturated carbocycles. The summed E-state index contributed by atoms with van der Waals surface area (Å²) in [7, 11) is 0. The van der Waals surface area contributed by atoms with Crippen LogP contribution in [-0.4, -0.2) is 6.54 Å². The summed E-state index contributed by atoms with van der Waals surface area (Å²) in [5.41, 5.74) is 1.41. The van der Waals surface area contributed by atoms with Crippen molar-refractivity contribution < 1.29 is 0 Å². The molecule has 2 unspecified atom stereocenters. The van der Waals surface area contributed by atoms with Gasteiger partial charge in [-0.1, -0.05) is 56.7 Å². The Morgan fingerprint density at radius 2 is 1.89 bits per heavy atom. The van der Waals surface area contributed by atoms with Gasteiger partial charge in [0.2, 0.25) is 0 Å². The number of rotatable bonds is 7. The molecule has 2 rings (SSSR count). The summed E-state index contributed by atoms with van der Waals surface area (Å²) in [5.74, 6) is 0.556. The molecule has 1 aromatic heterocycles. The van der Waals surface area contributed by atoms with E-state index in [2.05, 4.69) is 67.0 Å². The lowest BCUT2D eigenvalue weighted by atomic mass is 10.0. The van der Waals surface area contributed by atoms with Gasteiger partial charge < -0.3 is 5.32 Å². The molecule has 0 saturated heterocycles. The van der Waals surface area contributed by atoms with Crippen molar-refractivity contribution in [2.75, 3.05) is 6.54 Å². The Labute approximate surface area is 120 Å². The number of benzene rings is 1. The molecule has 2 heteroatoms. The first-order chi connectivity index (χ1) is 9.31. The maximum absolute atomic E-state index is 3.73. The Morgan fingerprint density at radius 1 is 1.11 bits per heavy atom. The van der Waals surface area contributed by atoms with Crippen molar-refractivity contribution in [3.05, 3.63) is 58.3 Å². The van der Waals surface area contributed by atoms with Gasteiger partial charge in [-0.05, 0) is 29.3 Å². The number of hydrogen-bond acceptors (Lipinski definition) is 2. The second-order valence-electron chi connectivity index (χ2n) is 5.08. The highest BCUT2D eigenvalue weighted by Crippen LogP contribution is 2.24. The van der Waals surface area contributed by atoms with Crippen LogP contribution in [0.4, 0.5) is 0 Å². The van der Waals surface area contributed by atoms with Crippen LogP contribution in [-0.2, 0) is 0 Å². The van der Waals surface area contributed by atoms with Crippen molar-refractivity contribution in [2.24, 2.45) is 0 Å². The van der Waals surface area contributed by atoms with Crippen molar-refractivity contribution in [3.8, 4) is 0 Å². The monoisotopic (exact) mass is 273 g/mol. The summed E-state index contributed by atoms with van der Waals surface area (Å²) in [5, 5.41) is 5.90. The quantitative estimate of drug-likeness (QED) is 0.750. The van der Waals surface area contributed by atoms with Crippen LogP contribution in [0, 0.1) is 0 Å². The van der Waals surface area contributed by atoms with Gasteiger partial charge in [-0.15, -0.1) is 11.3 Å². The van der Waals surface area contributed by atoms with E-state index in [1.807, 2.05) is 11.3 Å². The van der Waals surface area contributed by atoms with E-state index in [-0.39, 0.29) is 0 Å². The Bertz CT molecular complexity index is 449. The van der Waals surface area contributed by atoms with Crippen LogP contribution in [0.15, 0.2) is 47.8 Å². The minimum Gasteiger partial charge on any atom is -0.309 e. The summed E-state index contributed by atoms with van der Waals surface area (Å²) >= 11 is 1.86. The van der Waals surface area contributed by atoms with Crippen LogP contribution in [0.1, 0.15) is 49.1 Å². The van der Waals surface area contributed by atoms with Crippen molar-refractivity contribution in [3.63, 3.8) is 0 Å². The predicted molar refractivity (Wildman–Crippen MR) is 84.8 cm³/mol. The molecule has 0 aliphatic rings. The van der Waals surface area contributed by atoms with Gasteiger partial charge in [0.1, 0.15) is 0 Å². The molecule has 0 fully saturated rings. The van der Waals surface area contributed by atoms with E-state index in [4.69, 9.17) is 0 Å². The molecule has 2 aromatic rings. The van der Waals surface area contributed by atoms with E-state index >= 15 is 0 Å². The van der Waals surface area contributed by atoms with Crippen molar-refractivity contribution in [1.29, 1.82) is 0 Å². The molecule has 2 atom stereocenters. The molecule has 1 aromatic carbocycles. The third-order valence-corrected chi connectivity index (χ3v) is 4.49. The largest absolute Gasteiger partial charge is 0.309 e. The molecule has 19 heavy (non-hydrogen) atoms. The molecule has 0 aliphatic heterocycles. The molecule has 102 valence electrons. The van der Waals surface area contributed by atoms with E-state index in [0.29, 0.717) is 12.0 Å². The van der Waals surface area contributed by atoms with Gasteiger partial charge in [0, 0.05) is 17.5 Å². The van der Waals surface area contributed by atoms with Crippen LogP contribution in [0.2, 0.25) is 0 Å². The third-order valence-electron chi connectivity index (χ3n) is 3.50. The second kappa shape index (κ2) is 7.46. The molecule has 1 heterocycles. The molecule has 1 nitrogen and oxygen atoms in total.